The van der Waals surface area contributed by atoms with Crippen molar-refractivity contribution in [1.82, 2.24) is 0 Å². The van der Waals surface area contributed by atoms with E-state index in [0.29, 0.717) is 25.0 Å². The Labute approximate surface area is 164 Å². The first-order chi connectivity index (χ1) is 11.6. The molecule has 4 heteroatoms. The van der Waals surface area contributed by atoms with Gasteiger partial charge in [0.15, 0.2) is 0 Å². The predicted molar refractivity (Wildman–Crippen MR) is 112 cm³/mol. The van der Waals surface area contributed by atoms with Crippen molar-refractivity contribution in [3.63, 3.8) is 0 Å². The maximum atomic E-state index is 5.71. The summed E-state index contributed by atoms with van der Waals surface area (Å²) in [5, 5.41) is 0. The molecule has 0 radical (unpaired) electrons. The lowest BCUT2D eigenvalue weighted by Crippen LogP contribution is -2.31. The van der Waals surface area contributed by atoms with E-state index < -0.39 is 0 Å². The molecular formula is C22H48O4. The van der Waals surface area contributed by atoms with Crippen LogP contribution >= 0.6 is 0 Å². The summed E-state index contributed by atoms with van der Waals surface area (Å²) in [5.74, 6) is 1.21. The van der Waals surface area contributed by atoms with Gasteiger partial charge in [0.1, 0.15) is 0 Å². The largest absolute Gasteiger partial charge is 0.379 e. The van der Waals surface area contributed by atoms with Gasteiger partial charge in [-0.25, -0.2) is 0 Å². The van der Waals surface area contributed by atoms with Gasteiger partial charge in [-0.3, -0.25) is 0 Å². The smallest absolute Gasteiger partial charge is 0.0787 e. The Morgan fingerprint density at radius 1 is 0.577 bits per heavy atom. The zero-order chi connectivity index (χ0) is 21.0. The van der Waals surface area contributed by atoms with Gasteiger partial charge in [0.25, 0.3) is 0 Å². The van der Waals surface area contributed by atoms with Gasteiger partial charge in [-0.05, 0) is 67.2 Å². The maximum absolute atomic E-state index is 5.71. The van der Waals surface area contributed by atoms with Gasteiger partial charge in [-0.2, -0.15) is 0 Å². The zero-order valence-electron chi connectivity index (χ0n) is 19.8. The summed E-state index contributed by atoms with van der Waals surface area (Å²) in [6.07, 6.45) is 0.375. The first-order valence-corrected chi connectivity index (χ1v) is 10.1. The molecule has 0 spiro atoms. The third kappa shape index (κ3) is 26.1. The molecule has 0 aliphatic heterocycles. The number of hydrogen-bond acceptors (Lipinski definition) is 4. The molecule has 2 unspecified atom stereocenters. The minimum atomic E-state index is -0.0827. The van der Waals surface area contributed by atoms with Crippen molar-refractivity contribution in [3.05, 3.63) is 0 Å². The summed E-state index contributed by atoms with van der Waals surface area (Å²) in [6.45, 7) is 28.1. The molecule has 0 aliphatic rings. The summed E-state index contributed by atoms with van der Waals surface area (Å²) < 4.78 is 22.3. The quantitative estimate of drug-likeness (QED) is 0.488. The Morgan fingerprint density at radius 2 is 1.08 bits per heavy atom. The molecule has 0 aromatic carbocycles. The molecular weight excluding hydrogens is 328 g/mol. The van der Waals surface area contributed by atoms with E-state index in [4.69, 9.17) is 18.9 Å². The fourth-order valence-corrected chi connectivity index (χ4v) is 1.88. The molecule has 0 fully saturated rings. The van der Waals surface area contributed by atoms with Crippen molar-refractivity contribution >= 4 is 0 Å². The van der Waals surface area contributed by atoms with Crippen LogP contribution in [0.2, 0.25) is 0 Å². The van der Waals surface area contributed by atoms with Crippen molar-refractivity contribution in [3.8, 4) is 0 Å². The van der Waals surface area contributed by atoms with Crippen LogP contribution in [0.15, 0.2) is 0 Å². The van der Waals surface area contributed by atoms with Gasteiger partial charge in [-0.1, -0.05) is 27.7 Å². The lowest BCUT2D eigenvalue weighted by atomic mass is 10.2. The topological polar surface area (TPSA) is 36.9 Å². The summed E-state index contributed by atoms with van der Waals surface area (Å²) in [7, 11) is 0. The van der Waals surface area contributed by atoms with E-state index in [0.717, 1.165) is 13.2 Å². The fourth-order valence-electron chi connectivity index (χ4n) is 1.88. The second kappa shape index (κ2) is 13.9. The van der Waals surface area contributed by atoms with Crippen LogP contribution in [0.1, 0.15) is 83.1 Å². The number of hydrogen-bond donors (Lipinski definition) is 0. The van der Waals surface area contributed by atoms with Gasteiger partial charge in [0.05, 0.1) is 36.6 Å². The summed E-state index contributed by atoms with van der Waals surface area (Å²) in [4.78, 5) is 0. The van der Waals surface area contributed by atoms with Crippen LogP contribution in [0.3, 0.4) is 0 Å². The second-order valence-electron chi connectivity index (χ2n) is 9.93. The first-order valence-electron chi connectivity index (χ1n) is 10.1. The second-order valence-corrected chi connectivity index (χ2v) is 9.93. The van der Waals surface area contributed by atoms with E-state index in [-0.39, 0.29) is 23.4 Å². The molecule has 0 aromatic rings. The Kier molecular flexibility index (Phi) is 15.0. The van der Waals surface area contributed by atoms with Gasteiger partial charge in [-0.15, -0.1) is 0 Å². The molecule has 0 heterocycles. The van der Waals surface area contributed by atoms with Crippen molar-refractivity contribution in [1.29, 1.82) is 0 Å². The third-order valence-corrected chi connectivity index (χ3v) is 2.82. The van der Waals surface area contributed by atoms with Crippen LogP contribution in [0, 0.1) is 11.8 Å². The first kappa shape index (κ1) is 28.1. The van der Waals surface area contributed by atoms with Crippen molar-refractivity contribution in [2.75, 3.05) is 26.4 Å². The van der Waals surface area contributed by atoms with Crippen LogP contribution < -0.4 is 0 Å². The van der Waals surface area contributed by atoms with Crippen LogP contribution in [-0.4, -0.2) is 49.8 Å². The van der Waals surface area contributed by atoms with Crippen LogP contribution in [0.4, 0.5) is 0 Å². The van der Waals surface area contributed by atoms with Crippen molar-refractivity contribution in [2.24, 2.45) is 11.8 Å². The van der Waals surface area contributed by atoms with E-state index >= 15 is 0 Å². The van der Waals surface area contributed by atoms with E-state index in [1.54, 1.807) is 0 Å². The predicted octanol–water partition coefficient (Wildman–Crippen LogP) is 5.73. The van der Waals surface area contributed by atoms with Crippen LogP contribution in [-0.2, 0) is 18.9 Å². The average molecular weight is 377 g/mol. The number of rotatable bonds is 10. The molecule has 0 saturated heterocycles. The molecule has 4 nitrogen and oxygen atoms in total. The minimum Gasteiger partial charge on any atom is -0.379 e. The summed E-state index contributed by atoms with van der Waals surface area (Å²) in [6, 6.07) is 0. The van der Waals surface area contributed by atoms with Gasteiger partial charge < -0.3 is 18.9 Å². The Hall–Kier alpha value is -0.160. The third-order valence-electron chi connectivity index (χ3n) is 2.82. The monoisotopic (exact) mass is 376 g/mol. The standard InChI is InChI=1S/2C11H24O2/c1-9(13-11(5,6)7)8-12-10(2,3)4;1-9(2)6-12-8-11(5)13-7-10(3)4/h9H,8H2,1-7H3;9-11H,6-8H2,1-5H3. The highest BCUT2D eigenvalue weighted by atomic mass is 16.6. The van der Waals surface area contributed by atoms with Crippen molar-refractivity contribution < 1.29 is 18.9 Å². The molecule has 0 N–H and O–H groups in total. The van der Waals surface area contributed by atoms with E-state index in [1.807, 2.05) is 6.92 Å². The van der Waals surface area contributed by atoms with Crippen molar-refractivity contribution in [2.45, 2.75) is 106 Å². The highest BCUT2D eigenvalue weighted by Gasteiger charge is 2.18. The molecule has 160 valence electrons. The summed E-state index contributed by atoms with van der Waals surface area (Å²) in [5.41, 5.74) is -0.157. The van der Waals surface area contributed by atoms with Gasteiger partial charge >= 0.3 is 0 Å². The lowest BCUT2D eigenvalue weighted by molar-refractivity contribution is -0.112. The van der Waals surface area contributed by atoms with Gasteiger partial charge in [0.2, 0.25) is 0 Å². The average Bonchev–Trinajstić information content (AvgIpc) is 2.41. The Morgan fingerprint density at radius 3 is 1.46 bits per heavy atom. The van der Waals surface area contributed by atoms with E-state index in [1.165, 1.54) is 0 Å². The summed E-state index contributed by atoms with van der Waals surface area (Å²) >= 11 is 0. The Bertz CT molecular complexity index is 313. The van der Waals surface area contributed by atoms with Crippen LogP contribution in [0.25, 0.3) is 0 Å². The molecule has 0 amide bonds. The fraction of sp³-hybridized carbons (Fsp3) is 1.00. The molecule has 0 aliphatic carbocycles. The highest BCUT2D eigenvalue weighted by molar-refractivity contribution is 4.65. The minimum absolute atomic E-state index is 0.0739. The lowest BCUT2D eigenvalue weighted by Gasteiger charge is -2.28. The molecule has 0 rings (SSSR count). The van der Waals surface area contributed by atoms with Gasteiger partial charge in [0, 0.05) is 13.2 Å². The Balaban J connectivity index is 0. The van der Waals surface area contributed by atoms with E-state index in [9.17, 15) is 0 Å². The number of ether oxygens (including phenoxy) is 4. The molecule has 0 aromatic heterocycles. The zero-order valence-corrected chi connectivity index (χ0v) is 19.8. The maximum Gasteiger partial charge on any atom is 0.0787 e. The molecule has 2 atom stereocenters. The van der Waals surface area contributed by atoms with Crippen LogP contribution in [0.5, 0.6) is 0 Å². The molecule has 0 saturated carbocycles. The molecule has 0 bridgehead atoms. The normalized spacial score (nSPS) is 15.0. The molecule has 26 heavy (non-hydrogen) atoms. The van der Waals surface area contributed by atoms with E-state index in [2.05, 4.69) is 76.2 Å². The highest BCUT2D eigenvalue weighted by Crippen LogP contribution is 2.13. The SMILES string of the molecule is CC(C)COCC(C)OCC(C)C.CC(COC(C)(C)C)OC(C)(C)C.